The van der Waals surface area contributed by atoms with Gasteiger partial charge in [-0.05, 0) is 19.3 Å². The van der Waals surface area contributed by atoms with Crippen molar-refractivity contribution in [1.29, 1.82) is 0 Å². The number of ether oxygens (including phenoxy) is 1. The fourth-order valence-corrected chi connectivity index (χ4v) is 1.24. The molecule has 0 aliphatic carbocycles. The number of carboxylic acids is 1. The lowest BCUT2D eigenvalue weighted by molar-refractivity contribution is -0.167. The van der Waals surface area contributed by atoms with Crippen molar-refractivity contribution < 1.29 is 24.5 Å². The Bertz CT molecular complexity index is 225. The van der Waals surface area contributed by atoms with Crippen molar-refractivity contribution in [3.63, 3.8) is 0 Å². The van der Waals surface area contributed by atoms with Crippen LogP contribution in [-0.4, -0.2) is 35.9 Å². The normalized spacial score (nSPS) is 16.9. The molecule has 0 aliphatic rings. The quantitative estimate of drug-likeness (QED) is 0.496. The Kier molecular flexibility index (Phi) is 4.56. The number of esters is 1. The van der Waals surface area contributed by atoms with Gasteiger partial charge in [-0.2, -0.15) is 0 Å². The minimum absolute atomic E-state index is 0.0610. The highest BCUT2D eigenvalue weighted by Crippen LogP contribution is 2.27. The number of carboxylic acid groups (broad SMARTS) is 1. The van der Waals surface area contributed by atoms with E-state index in [9.17, 15) is 9.59 Å². The molecule has 0 spiro atoms. The number of hydrogen-bond acceptors (Lipinski definition) is 4. The van der Waals surface area contributed by atoms with E-state index in [0.29, 0.717) is 0 Å². The number of aliphatic carboxylic acids is 1. The third-order valence-corrected chi connectivity index (χ3v) is 2.18. The Labute approximate surface area is 82.7 Å². The zero-order valence-corrected chi connectivity index (χ0v) is 8.61. The van der Waals surface area contributed by atoms with Crippen LogP contribution in [0, 0.1) is 11.3 Å². The molecule has 0 fully saturated rings. The molecule has 2 N–H and O–H groups in total. The standard InChI is InChI=1S/C9H16O5/c1-6(5-10)4-9(2,7(11)12)8(13)14-3/h6,10H,4-5H2,1-3H3,(H,11,12). The maximum Gasteiger partial charge on any atom is 0.322 e. The van der Waals surface area contributed by atoms with Gasteiger partial charge in [0.1, 0.15) is 0 Å². The summed E-state index contributed by atoms with van der Waals surface area (Å²) >= 11 is 0. The predicted octanol–water partition coefficient (Wildman–Crippen LogP) is 0.269. The van der Waals surface area contributed by atoms with Crippen LogP contribution in [-0.2, 0) is 14.3 Å². The van der Waals surface area contributed by atoms with Gasteiger partial charge in [-0.15, -0.1) is 0 Å². The van der Waals surface area contributed by atoms with Gasteiger partial charge >= 0.3 is 11.9 Å². The highest BCUT2D eigenvalue weighted by atomic mass is 16.5. The molecular formula is C9H16O5. The van der Waals surface area contributed by atoms with Crippen LogP contribution in [0.25, 0.3) is 0 Å². The molecular weight excluding hydrogens is 188 g/mol. The zero-order valence-electron chi connectivity index (χ0n) is 8.61. The Morgan fingerprint density at radius 1 is 1.50 bits per heavy atom. The maximum atomic E-state index is 11.2. The second-order valence-corrected chi connectivity index (χ2v) is 3.62. The van der Waals surface area contributed by atoms with Gasteiger partial charge in [0.05, 0.1) is 7.11 Å². The molecule has 0 heterocycles. The lowest BCUT2D eigenvalue weighted by Crippen LogP contribution is -2.39. The van der Waals surface area contributed by atoms with Crippen LogP contribution in [0.1, 0.15) is 20.3 Å². The molecule has 82 valence electrons. The lowest BCUT2D eigenvalue weighted by atomic mass is 9.82. The summed E-state index contributed by atoms with van der Waals surface area (Å²) in [4.78, 5) is 22.1. The van der Waals surface area contributed by atoms with E-state index in [4.69, 9.17) is 10.2 Å². The molecule has 0 aromatic heterocycles. The number of rotatable bonds is 5. The fourth-order valence-electron chi connectivity index (χ4n) is 1.24. The van der Waals surface area contributed by atoms with E-state index in [2.05, 4.69) is 4.74 Å². The number of aliphatic hydroxyl groups is 1. The van der Waals surface area contributed by atoms with Crippen molar-refractivity contribution in [2.75, 3.05) is 13.7 Å². The fraction of sp³-hybridized carbons (Fsp3) is 0.778. The molecule has 0 aromatic rings. The van der Waals surface area contributed by atoms with Crippen LogP contribution in [0.3, 0.4) is 0 Å². The third kappa shape index (κ3) is 2.70. The molecule has 0 bridgehead atoms. The van der Waals surface area contributed by atoms with Gasteiger partial charge in [-0.3, -0.25) is 9.59 Å². The van der Waals surface area contributed by atoms with Gasteiger partial charge < -0.3 is 14.9 Å². The van der Waals surface area contributed by atoms with E-state index >= 15 is 0 Å². The largest absolute Gasteiger partial charge is 0.480 e. The van der Waals surface area contributed by atoms with Gasteiger partial charge in [0.25, 0.3) is 0 Å². The average Bonchev–Trinajstić information content (AvgIpc) is 2.15. The van der Waals surface area contributed by atoms with Gasteiger partial charge in [0.2, 0.25) is 0 Å². The summed E-state index contributed by atoms with van der Waals surface area (Å²) in [6.07, 6.45) is 0.0610. The molecule has 14 heavy (non-hydrogen) atoms. The first kappa shape index (κ1) is 12.9. The highest BCUT2D eigenvalue weighted by Gasteiger charge is 2.43. The van der Waals surface area contributed by atoms with E-state index in [1.54, 1.807) is 6.92 Å². The number of methoxy groups -OCH3 is 1. The van der Waals surface area contributed by atoms with Gasteiger partial charge in [0.15, 0.2) is 5.41 Å². The third-order valence-electron chi connectivity index (χ3n) is 2.18. The van der Waals surface area contributed by atoms with E-state index in [-0.39, 0.29) is 18.9 Å². The van der Waals surface area contributed by atoms with Gasteiger partial charge in [0, 0.05) is 6.61 Å². The van der Waals surface area contributed by atoms with E-state index < -0.39 is 17.4 Å². The van der Waals surface area contributed by atoms with Crippen molar-refractivity contribution in [1.82, 2.24) is 0 Å². The lowest BCUT2D eigenvalue weighted by Gasteiger charge is -2.24. The average molecular weight is 204 g/mol. The van der Waals surface area contributed by atoms with Crippen LogP contribution in [0.2, 0.25) is 0 Å². The summed E-state index contributed by atoms with van der Waals surface area (Å²) in [7, 11) is 1.15. The summed E-state index contributed by atoms with van der Waals surface area (Å²) < 4.78 is 4.42. The molecule has 2 unspecified atom stereocenters. The molecule has 5 heteroatoms. The first-order valence-electron chi connectivity index (χ1n) is 4.31. The Morgan fingerprint density at radius 3 is 2.29 bits per heavy atom. The van der Waals surface area contributed by atoms with E-state index in [1.165, 1.54) is 6.92 Å². The highest BCUT2D eigenvalue weighted by molar-refractivity contribution is 5.98. The maximum absolute atomic E-state index is 11.2. The Morgan fingerprint density at radius 2 is 2.00 bits per heavy atom. The number of carbonyl (C=O) groups excluding carboxylic acids is 1. The first-order chi connectivity index (χ1) is 6.38. The molecule has 0 radical (unpaired) electrons. The summed E-state index contributed by atoms with van der Waals surface area (Å²) in [6.45, 7) is 2.82. The second kappa shape index (κ2) is 4.95. The van der Waals surface area contributed by atoms with Crippen molar-refractivity contribution in [3.8, 4) is 0 Å². The van der Waals surface area contributed by atoms with Crippen LogP contribution >= 0.6 is 0 Å². The van der Waals surface area contributed by atoms with Gasteiger partial charge in [-0.25, -0.2) is 0 Å². The van der Waals surface area contributed by atoms with Crippen LogP contribution < -0.4 is 0 Å². The number of carbonyl (C=O) groups is 2. The minimum atomic E-state index is -1.57. The Balaban J connectivity index is 4.73. The Hall–Kier alpha value is -1.10. The van der Waals surface area contributed by atoms with Crippen LogP contribution in [0.15, 0.2) is 0 Å². The van der Waals surface area contributed by atoms with Crippen molar-refractivity contribution >= 4 is 11.9 Å². The summed E-state index contributed by atoms with van der Waals surface area (Å²) in [6, 6.07) is 0. The summed E-state index contributed by atoms with van der Waals surface area (Å²) in [5.41, 5.74) is -1.57. The summed E-state index contributed by atoms with van der Waals surface area (Å²) in [5, 5.41) is 17.7. The summed E-state index contributed by atoms with van der Waals surface area (Å²) in [5.74, 6) is -2.27. The first-order valence-corrected chi connectivity index (χ1v) is 4.31. The predicted molar refractivity (Wildman–Crippen MR) is 48.6 cm³/mol. The van der Waals surface area contributed by atoms with E-state index in [0.717, 1.165) is 7.11 Å². The smallest absolute Gasteiger partial charge is 0.322 e. The number of aliphatic hydroxyl groups excluding tert-OH is 1. The van der Waals surface area contributed by atoms with Crippen molar-refractivity contribution in [2.24, 2.45) is 11.3 Å². The molecule has 0 rings (SSSR count). The molecule has 0 amide bonds. The van der Waals surface area contributed by atoms with Crippen LogP contribution in [0.4, 0.5) is 0 Å². The molecule has 0 aromatic carbocycles. The SMILES string of the molecule is COC(=O)C(C)(CC(C)CO)C(=O)O. The topological polar surface area (TPSA) is 83.8 Å². The monoisotopic (exact) mass is 204 g/mol. The van der Waals surface area contributed by atoms with Crippen LogP contribution in [0.5, 0.6) is 0 Å². The zero-order chi connectivity index (χ0) is 11.4. The second-order valence-electron chi connectivity index (χ2n) is 3.62. The molecule has 5 nitrogen and oxygen atoms in total. The van der Waals surface area contributed by atoms with Crippen molar-refractivity contribution in [2.45, 2.75) is 20.3 Å². The number of hydrogen-bond donors (Lipinski definition) is 2. The molecule has 0 aliphatic heterocycles. The minimum Gasteiger partial charge on any atom is -0.480 e. The van der Waals surface area contributed by atoms with Gasteiger partial charge in [-0.1, -0.05) is 6.92 Å². The molecule has 2 atom stereocenters. The van der Waals surface area contributed by atoms with Crippen molar-refractivity contribution in [3.05, 3.63) is 0 Å². The molecule has 0 saturated heterocycles. The van der Waals surface area contributed by atoms with E-state index in [1.807, 2.05) is 0 Å². The molecule has 0 saturated carbocycles.